The SMILES string of the molecule is CCOC(=O)/C=C/CCCC(C)O. The van der Waals surface area contributed by atoms with Crippen molar-refractivity contribution in [2.45, 2.75) is 39.2 Å². The number of carbonyl (C=O) groups excluding carboxylic acids is 1. The summed E-state index contributed by atoms with van der Waals surface area (Å²) < 4.78 is 4.69. The molecule has 0 bridgehead atoms. The summed E-state index contributed by atoms with van der Waals surface area (Å²) >= 11 is 0. The maximum absolute atomic E-state index is 10.8. The number of hydrogen-bond acceptors (Lipinski definition) is 3. The molecule has 3 nitrogen and oxygen atoms in total. The van der Waals surface area contributed by atoms with Crippen LogP contribution in [0.2, 0.25) is 0 Å². The number of aliphatic hydroxyl groups excluding tert-OH is 1. The molecule has 0 amide bonds. The largest absolute Gasteiger partial charge is 0.463 e. The number of ether oxygens (including phenoxy) is 1. The second-order valence-electron chi connectivity index (χ2n) is 2.93. The molecule has 0 radical (unpaired) electrons. The average molecular weight is 186 g/mol. The van der Waals surface area contributed by atoms with Crippen LogP contribution in [0.4, 0.5) is 0 Å². The number of aliphatic hydroxyl groups is 1. The molecule has 0 aliphatic rings. The van der Waals surface area contributed by atoms with Crippen LogP contribution in [0.15, 0.2) is 12.2 Å². The van der Waals surface area contributed by atoms with E-state index in [1.807, 2.05) is 0 Å². The van der Waals surface area contributed by atoms with Gasteiger partial charge in [-0.25, -0.2) is 4.79 Å². The predicted molar refractivity (Wildman–Crippen MR) is 51.3 cm³/mol. The topological polar surface area (TPSA) is 46.5 Å². The van der Waals surface area contributed by atoms with Crippen LogP contribution in [0.25, 0.3) is 0 Å². The molecule has 3 heteroatoms. The van der Waals surface area contributed by atoms with Gasteiger partial charge in [0, 0.05) is 6.08 Å². The standard InChI is InChI=1S/C10H18O3/c1-3-13-10(12)8-6-4-5-7-9(2)11/h6,8-9,11H,3-5,7H2,1-2H3/b8-6+. The summed E-state index contributed by atoms with van der Waals surface area (Å²) in [7, 11) is 0. The number of hydrogen-bond donors (Lipinski definition) is 1. The molecule has 0 aliphatic carbocycles. The van der Waals surface area contributed by atoms with E-state index in [4.69, 9.17) is 9.84 Å². The maximum atomic E-state index is 10.8. The Bertz CT molecular complexity index is 162. The number of rotatable bonds is 6. The smallest absolute Gasteiger partial charge is 0.330 e. The van der Waals surface area contributed by atoms with Crippen molar-refractivity contribution in [1.29, 1.82) is 0 Å². The normalized spacial score (nSPS) is 13.2. The molecule has 1 unspecified atom stereocenters. The molecule has 0 heterocycles. The van der Waals surface area contributed by atoms with Gasteiger partial charge >= 0.3 is 5.97 Å². The monoisotopic (exact) mass is 186 g/mol. The Morgan fingerprint density at radius 3 is 2.85 bits per heavy atom. The van der Waals surface area contributed by atoms with E-state index in [0.29, 0.717) is 6.61 Å². The highest BCUT2D eigenvalue weighted by molar-refractivity contribution is 5.81. The zero-order valence-electron chi connectivity index (χ0n) is 8.32. The number of esters is 1. The summed E-state index contributed by atoms with van der Waals surface area (Å²) in [6, 6.07) is 0. The van der Waals surface area contributed by atoms with Gasteiger partial charge in [-0.3, -0.25) is 0 Å². The molecule has 0 saturated heterocycles. The molecule has 0 aliphatic heterocycles. The van der Waals surface area contributed by atoms with E-state index in [1.54, 1.807) is 19.9 Å². The minimum absolute atomic E-state index is 0.254. The van der Waals surface area contributed by atoms with E-state index >= 15 is 0 Å². The third-order valence-corrected chi connectivity index (χ3v) is 1.53. The minimum atomic E-state index is -0.292. The first-order valence-electron chi connectivity index (χ1n) is 4.68. The lowest BCUT2D eigenvalue weighted by Crippen LogP contribution is -1.99. The third-order valence-electron chi connectivity index (χ3n) is 1.53. The van der Waals surface area contributed by atoms with Crippen molar-refractivity contribution >= 4 is 5.97 Å². The van der Waals surface area contributed by atoms with E-state index in [1.165, 1.54) is 6.08 Å². The predicted octanol–water partition coefficient (Wildman–Crippen LogP) is 1.66. The Morgan fingerprint density at radius 1 is 1.62 bits per heavy atom. The van der Waals surface area contributed by atoms with Crippen molar-refractivity contribution in [2.75, 3.05) is 6.61 Å². The van der Waals surface area contributed by atoms with Gasteiger partial charge in [0.2, 0.25) is 0 Å². The zero-order valence-corrected chi connectivity index (χ0v) is 8.32. The third kappa shape index (κ3) is 9.08. The zero-order chi connectivity index (χ0) is 10.1. The highest BCUT2D eigenvalue weighted by Gasteiger charge is 1.94. The number of allylic oxidation sites excluding steroid dienone is 1. The molecule has 0 aromatic rings. The fraction of sp³-hybridized carbons (Fsp3) is 0.700. The van der Waals surface area contributed by atoms with Crippen molar-refractivity contribution in [3.63, 3.8) is 0 Å². The lowest BCUT2D eigenvalue weighted by molar-refractivity contribution is -0.137. The fourth-order valence-corrected chi connectivity index (χ4v) is 0.901. The molecule has 0 aromatic heterocycles. The van der Waals surface area contributed by atoms with Crippen LogP contribution in [-0.4, -0.2) is 23.8 Å². The number of unbranched alkanes of at least 4 members (excludes halogenated alkanes) is 1. The first kappa shape index (κ1) is 12.2. The Hall–Kier alpha value is -0.830. The van der Waals surface area contributed by atoms with Gasteiger partial charge in [0.25, 0.3) is 0 Å². The van der Waals surface area contributed by atoms with Gasteiger partial charge in [-0.15, -0.1) is 0 Å². The molecule has 1 N–H and O–H groups in total. The van der Waals surface area contributed by atoms with E-state index < -0.39 is 0 Å². The summed E-state index contributed by atoms with van der Waals surface area (Å²) in [5.41, 5.74) is 0. The van der Waals surface area contributed by atoms with E-state index in [2.05, 4.69) is 0 Å². The van der Waals surface area contributed by atoms with Crippen LogP contribution in [-0.2, 0) is 9.53 Å². The van der Waals surface area contributed by atoms with Gasteiger partial charge in [0.1, 0.15) is 0 Å². The second kappa shape index (κ2) is 7.80. The molecule has 0 saturated carbocycles. The van der Waals surface area contributed by atoms with Crippen LogP contribution in [0, 0.1) is 0 Å². The average Bonchev–Trinajstić information content (AvgIpc) is 2.03. The summed E-state index contributed by atoms with van der Waals surface area (Å²) in [6.07, 6.45) is 5.44. The Labute approximate surface area is 79.4 Å². The second-order valence-corrected chi connectivity index (χ2v) is 2.93. The van der Waals surface area contributed by atoms with Crippen LogP contribution in [0.1, 0.15) is 33.1 Å². The van der Waals surface area contributed by atoms with Crippen molar-refractivity contribution in [1.82, 2.24) is 0 Å². The highest BCUT2D eigenvalue weighted by Crippen LogP contribution is 2.00. The molecular weight excluding hydrogens is 168 g/mol. The molecule has 0 rings (SSSR count). The van der Waals surface area contributed by atoms with Gasteiger partial charge < -0.3 is 9.84 Å². The Kier molecular flexibility index (Phi) is 7.30. The van der Waals surface area contributed by atoms with E-state index in [9.17, 15) is 4.79 Å². The Morgan fingerprint density at radius 2 is 2.31 bits per heavy atom. The van der Waals surface area contributed by atoms with Crippen molar-refractivity contribution in [3.05, 3.63) is 12.2 Å². The van der Waals surface area contributed by atoms with Crippen molar-refractivity contribution in [3.8, 4) is 0 Å². The minimum Gasteiger partial charge on any atom is -0.463 e. The summed E-state index contributed by atoms with van der Waals surface area (Å²) in [5.74, 6) is -0.292. The Balaban J connectivity index is 3.35. The maximum Gasteiger partial charge on any atom is 0.330 e. The van der Waals surface area contributed by atoms with Crippen molar-refractivity contribution < 1.29 is 14.6 Å². The number of carbonyl (C=O) groups is 1. The summed E-state index contributed by atoms with van der Waals surface area (Å²) in [4.78, 5) is 10.8. The van der Waals surface area contributed by atoms with Crippen LogP contribution < -0.4 is 0 Å². The molecular formula is C10H18O3. The molecule has 13 heavy (non-hydrogen) atoms. The molecule has 76 valence electrons. The van der Waals surface area contributed by atoms with Crippen molar-refractivity contribution in [2.24, 2.45) is 0 Å². The quantitative estimate of drug-likeness (QED) is 0.390. The van der Waals surface area contributed by atoms with Gasteiger partial charge in [-0.1, -0.05) is 6.08 Å². The molecule has 0 fully saturated rings. The van der Waals surface area contributed by atoms with Gasteiger partial charge in [0.15, 0.2) is 0 Å². The highest BCUT2D eigenvalue weighted by atomic mass is 16.5. The molecule has 1 atom stereocenters. The molecule has 0 spiro atoms. The summed E-state index contributed by atoms with van der Waals surface area (Å²) in [5, 5.41) is 8.93. The fourth-order valence-electron chi connectivity index (χ4n) is 0.901. The van der Waals surface area contributed by atoms with E-state index in [0.717, 1.165) is 19.3 Å². The van der Waals surface area contributed by atoms with Crippen LogP contribution >= 0.6 is 0 Å². The lowest BCUT2D eigenvalue weighted by Gasteiger charge is -2.00. The van der Waals surface area contributed by atoms with Gasteiger partial charge in [-0.2, -0.15) is 0 Å². The lowest BCUT2D eigenvalue weighted by atomic mass is 10.2. The van der Waals surface area contributed by atoms with Crippen LogP contribution in [0.5, 0.6) is 0 Å². The van der Waals surface area contributed by atoms with Gasteiger partial charge in [0.05, 0.1) is 12.7 Å². The van der Waals surface area contributed by atoms with E-state index in [-0.39, 0.29) is 12.1 Å². The van der Waals surface area contributed by atoms with Crippen LogP contribution in [0.3, 0.4) is 0 Å². The first-order chi connectivity index (χ1) is 6.16. The molecule has 0 aromatic carbocycles. The van der Waals surface area contributed by atoms with Gasteiger partial charge in [-0.05, 0) is 33.1 Å². The summed E-state index contributed by atoms with van der Waals surface area (Å²) in [6.45, 7) is 3.95. The first-order valence-corrected chi connectivity index (χ1v) is 4.68.